The third-order valence-corrected chi connectivity index (χ3v) is 5.91. The Labute approximate surface area is 212 Å². The molecule has 5 rings (SSSR count). The van der Waals surface area contributed by atoms with Gasteiger partial charge in [0.1, 0.15) is 11.5 Å². The summed E-state index contributed by atoms with van der Waals surface area (Å²) in [6.07, 6.45) is -1.02. The molecule has 4 aromatic rings. The smallest absolute Gasteiger partial charge is 0.338 e. The van der Waals surface area contributed by atoms with Crippen LogP contribution in [0.4, 0.5) is 5.69 Å². The Balaban J connectivity index is 1.31. The van der Waals surface area contributed by atoms with Crippen LogP contribution in [0.15, 0.2) is 103 Å². The third kappa shape index (κ3) is 4.75. The topological polar surface area (TPSA) is 90.0 Å². The zero-order valence-corrected chi connectivity index (χ0v) is 19.8. The number of esters is 1. The van der Waals surface area contributed by atoms with Crippen molar-refractivity contribution in [3.8, 4) is 11.5 Å². The number of hydrogen-bond acceptors (Lipinski definition) is 6. The molecule has 182 valence electrons. The first-order valence-electron chi connectivity index (χ1n) is 11.6. The summed E-state index contributed by atoms with van der Waals surface area (Å²) in [5, 5.41) is 0. The Kier molecular flexibility index (Phi) is 6.34. The highest BCUT2D eigenvalue weighted by atomic mass is 16.5. The second kappa shape index (κ2) is 9.91. The van der Waals surface area contributed by atoms with Gasteiger partial charge in [0.2, 0.25) is 5.78 Å². The highest BCUT2D eigenvalue weighted by molar-refractivity contribution is 6.34. The number of hydrogen-bond donors (Lipinski definition) is 0. The molecule has 1 aliphatic rings. The van der Waals surface area contributed by atoms with Crippen molar-refractivity contribution in [3.05, 3.63) is 125 Å². The Morgan fingerprint density at radius 3 is 1.95 bits per heavy atom. The maximum atomic E-state index is 13.1. The predicted octanol–water partition coefficient (Wildman–Crippen LogP) is 5.71. The molecule has 1 aliphatic heterocycles. The number of amides is 2. The van der Waals surface area contributed by atoms with Gasteiger partial charge >= 0.3 is 5.97 Å². The summed E-state index contributed by atoms with van der Waals surface area (Å²) in [4.78, 5) is 52.4. The summed E-state index contributed by atoms with van der Waals surface area (Å²) >= 11 is 0. The van der Waals surface area contributed by atoms with Crippen molar-refractivity contribution < 1.29 is 28.7 Å². The van der Waals surface area contributed by atoms with Crippen molar-refractivity contribution in [2.24, 2.45) is 0 Å². The molecule has 1 heterocycles. The van der Waals surface area contributed by atoms with E-state index in [0.717, 1.165) is 4.90 Å². The second-order valence-corrected chi connectivity index (χ2v) is 8.39. The predicted molar refractivity (Wildman–Crippen MR) is 136 cm³/mol. The van der Waals surface area contributed by atoms with E-state index in [1.807, 2.05) is 30.3 Å². The number of ether oxygens (including phenoxy) is 2. The zero-order valence-electron chi connectivity index (χ0n) is 19.8. The number of ketones is 1. The molecule has 0 saturated heterocycles. The Morgan fingerprint density at radius 1 is 0.676 bits per heavy atom. The molecule has 0 N–H and O–H groups in total. The van der Waals surface area contributed by atoms with E-state index >= 15 is 0 Å². The minimum Gasteiger partial charge on any atom is -0.457 e. The van der Waals surface area contributed by atoms with Crippen molar-refractivity contribution >= 4 is 29.3 Å². The molecule has 0 bridgehead atoms. The molecule has 2 amide bonds. The average Bonchev–Trinajstić information content (AvgIpc) is 3.18. The molecule has 0 unspecified atom stereocenters. The van der Waals surface area contributed by atoms with Crippen LogP contribution in [0.25, 0.3) is 0 Å². The number of para-hydroxylation sites is 1. The van der Waals surface area contributed by atoms with Gasteiger partial charge in [0, 0.05) is 5.56 Å². The SMILES string of the molecule is C[C@H](OC(=O)c1ccc2c(c1)C(=O)N(c1ccc(Oc3ccccc3)cc1)C2=O)C(=O)c1ccccc1. The quantitative estimate of drug-likeness (QED) is 0.187. The first kappa shape index (κ1) is 23.7. The maximum absolute atomic E-state index is 13.1. The molecule has 4 aromatic carbocycles. The highest BCUT2D eigenvalue weighted by Gasteiger charge is 2.37. The molecule has 0 spiro atoms. The molecule has 37 heavy (non-hydrogen) atoms. The van der Waals surface area contributed by atoms with Crippen molar-refractivity contribution in [1.29, 1.82) is 0 Å². The fourth-order valence-electron chi connectivity index (χ4n) is 4.01. The van der Waals surface area contributed by atoms with Crippen LogP contribution in [-0.4, -0.2) is 29.7 Å². The van der Waals surface area contributed by atoms with Gasteiger partial charge in [-0.25, -0.2) is 9.69 Å². The number of rotatable bonds is 7. The largest absolute Gasteiger partial charge is 0.457 e. The van der Waals surface area contributed by atoms with Crippen LogP contribution in [0.5, 0.6) is 11.5 Å². The van der Waals surface area contributed by atoms with Gasteiger partial charge in [-0.05, 0) is 61.5 Å². The van der Waals surface area contributed by atoms with E-state index in [-0.39, 0.29) is 22.5 Å². The number of carbonyl (C=O) groups excluding carboxylic acids is 4. The van der Waals surface area contributed by atoms with Crippen LogP contribution in [0.2, 0.25) is 0 Å². The van der Waals surface area contributed by atoms with E-state index in [1.165, 1.54) is 25.1 Å². The van der Waals surface area contributed by atoms with Crippen LogP contribution in [0, 0.1) is 0 Å². The lowest BCUT2D eigenvalue weighted by Gasteiger charge is -2.14. The Hall–Kier alpha value is -5.04. The second-order valence-electron chi connectivity index (χ2n) is 8.39. The van der Waals surface area contributed by atoms with Gasteiger partial charge in [-0.1, -0.05) is 48.5 Å². The summed E-state index contributed by atoms with van der Waals surface area (Å²) in [5.74, 6) is -0.942. The molecule has 7 nitrogen and oxygen atoms in total. The minimum absolute atomic E-state index is 0.0704. The molecule has 7 heteroatoms. The zero-order chi connectivity index (χ0) is 25.9. The van der Waals surface area contributed by atoms with E-state index in [9.17, 15) is 19.2 Å². The molecule has 1 atom stereocenters. The van der Waals surface area contributed by atoms with Crippen molar-refractivity contribution in [2.45, 2.75) is 13.0 Å². The van der Waals surface area contributed by atoms with Crippen LogP contribution in [0.1, 0.15) is 48.4 Å². The standard InChI is InChI=1S/C30H21NO6/c1-19(27(32)20-8-4-2-5-9-20)36-30(35)21-12-17-25-26(18-21)29(34)31(28(25)33)22-13-15-24(16-14-22)37-23-10-6-3-7-11-23/h2-19H,1H3/t19-/m0/s1. The van der Waals surface area contributed by atoms with Gasteiger partial charge in [-0.3, -0.25) is 14.4 Å². The van der Waals surface area contributed by atoms with Crippen molar-refractivity contribution in [3.63, 3.8) is 0 Å². The van der Waals surface area contributed by atoms with Gasteiger partial charge in [-0.2, -0.15) is 0 Å². The highest BCUT2D eigenvalue weighted by Crippen LogP contribution is 2.31. The number of imide groups is 1. The normalized spacial score (nSPS) is 13.2. The van der Waals surface area contributed by atoms with Crippen LogP contribution in [-0.2, 0) is 4.74 Å². The number of fused-ring (bicyclic) bond motifs is 1. The lowest BCUT2D eigenvalue weighted by atomic mass is 10.1. The monoisotopic (exact) mass is 491 g/mol. The summed E-state index contributed by atoms with van der Waals surface area (Å²) in [7, 11) is 0. The van der Waals surface area contributed by atoms with E-state index < -0.39 is 23.9 Å². The van der Waals surface area contributed by atoms with Crippen LogP contribution < -0.4 is 9.64 Å². The molecule has 0 aliphatic carbocycles. The fraction of sp³-hybridized carbons (Fsp3) is 0.0667. The maximum Gasteiger partial charge on any atom is 0.338 e. The number of nitrogens with zero attached hydrogens (tertiary/aromatic N) is 1. The molecule has 0 aromatic heterocycles. The van der Waals surface area contributed by atoms with E-state index in [2.05, 4.69) is 0 Å². The van der Waals surface area contributed by atoms with Gasteiger partial charge in [-0.15, -0.1) is 0 Å². The minimum atomic E-state index is -1.02. The lowest BCUT2D eigenvalue weighted by Crippen LogP contribution is -2.29. The molecule has 0 fully saturated rings. The molecule has 0 saturated carbocycles. The molecular formula is C30H21NO6. The van der Waals surface area contributed by atoms with Gasteiger partial charge in [0.15, 0.2) is 6.10 Å². The van der Waals surface area contributed by atoms with Crippen LogP contribution >= 0.6 is 0 Å². The van der Waals surface area contributed by atoms with Gasteiger partial charge in [0.25, 0.3) is 11.8 Å². The molecular weight excluding hydrogens is 470 g/mol. The first-order valence-corrected chi connectivity index (χ1v) is 11.6. The first-order chi connectivity index (χ1) is 17.9. The van der Waals surface area contributed by atoms with E-state index in [4.69, 9.17) is 9.47 Å². The third-order valence-electron chi connectivity index (χ3n) is 5.91. The summed E-state index contributed by atoms with van der Waals surface area (Å²) in [6, 6.07) is 28.5. The summed E-state index contributed by atoms with van der Waals surface area (Å²) < 4.78 is 11.1. The number of benzene rings is 4. The van der Waals surface area contributed by atoms with Gasteiger partial charge < -0.3 is 9.47 Å². The lowest BCUT2D eigenvalue weighted by molar-refractivity contribution is 0.0318. The van der Waals surface area contributed by atoms with E-state index in [0.29, 0.717) is 22.7 Å². The van der Waals surface area contributed by atoms with Crippen LogP contribution in [0.3, 0.4) is 0 Å². The van der Waals surface area contributed by atoms with E-state index in [1.54, 1.807) is 54.6 Å². The summed E-state index contributed by atoms with van der Waals surface area (Å²) in [6.45, 7) is 1.49. The van der Waals surface area contributed by atoms with Crippen molar-refractivity contribution in [2.75, 3.05) is 4.90 Å². The number of anilines is 1. The fourth-order valence-corrected chi connectivity index (χ4v) is 4.01. The number of carbonyl (C=O) groups is 4. The Bertz CT molecular complexity index is 1500. The Morgan fingerprint density at radius 2 is 1.27 bits per heavy atom. The summed E-state index contributed by atoms with van der Waals surface area (Å²) in [5.41, 5.74) is 1.14. The molecule has 0 radical (unpaired) electrons. The average molecular weight is 491 g/mol. The number of Topliss-reactive ketones (excluding diaryl/α,β-unsaturated/α-hetero) is 1. The van der Waals surface area contributed by atoms with Crippen molar-refractivity contribution in [1.82, 2.24) is 0 Å². The van der Waals surface area contributed by atoms with Gasteiger partial charge in [0.05, 0.1) is 22.4 Å².